The van der Waals surface area contributed by atoms with E-state index in [0.29, 0.717) is 12.3 Å². The van der Waals surface area contributed by atoms with E-state index in [-0.39, 0.29) is 11.6 Å². The zero-order valence-corrected chi connectivity index (χ0v) is 11.1. The summed E-state index contributed by atoms with van der Waals surface area (Å²) >= 11 is 0. The molecule has 4 heteroatoms. The minimum Gasteiger partial charge on any atom is -0.355 e. The van der Waals surface area contributed by atoms with Gasteiger partial charge in [0.1, 0.15) is 0 Å². The lowest BCUT2D eigenvalue weighted by Gasteiger charge is -2.00. The van der Waals surface area contributed by atoms with E-state index < -0.39 is 0 Å². The summed E-state index contributed by atoms with van der Waals surface area (Å²) in [7, 11) is 0. The third kappa shape index (κ3) is 3.31. The number of rotatable bonds is 4. The number of nitrogens with zero attached hydrogens (tertiary/aromatic N) is 1. The lowest BCUT2D eigenvalue weighted by molar-refractivity contribution is 0.0948. The molecule has 0 aliphatic heterocycles. The number of benzene rings is 1. The zero-order chi connectivity index (χ0) is 13.8. The first-order valence-electron chi connectivity index (χ1n) is 6.02. The maximum atomic E-state index is 11.8. The van der Waals surface area contributed by atoms with Crippen LogP contribution in [0.3, 0.4) is 0 Å². The first-order valence-corrected chi connectivity index (χ1v) is 6.02. The van der Waals surface area contributed by atoms with Crippen LogP contribution in [0.2, 0.25) is 0 Å². The van der Waals surface area contributed by atoms with Crippen molar-refractivity contribution in [3.63, 3.8) is 0 Å². The molecule has 2 aromatic rings. The van der Waals surface area contributed by atoms with Crippen LogP contribution >= 0.6 is 0 Å². The van der Waals surface area contributed by atoms with Crippen molar-refractivity contribution in [1.29, 1.82) is 0 Å². The van der Waals surface area contributed by atoms with Gasteiger partial charge in [-0.25, -0.2) is 0 Å². The zero-order valence-electron chi connectivity index (χ0n) is 11.1. The Morgan fingerprint density at radius 3 is 2.89 bits per heavy atom. The SMILES string of the molecule is C=C(C)CNC(=O)c1cc(-c2cccc(C)c2)on1. The topological polar surface area (TPSA) is 55.1 Å². The van der Waals surface area contributed by atoms with Crippen LogP contribution in [0.15, 0.2) is 47.0 Å². The summed E-state index contributed by atoms with van der Waals surface area (Å²) in [5.41, 5.74) is 3.20. The number of aryl methyl sites for hydroxylation is 1. The molecule has 0 spiro atoms. The summed E-state index contributed by atoms with van der Waals surface area (Å²) in [5, 5.41) is 6.50. The van der Waals surface area contributed by atoms with Gasteiger partial charge in [-0.3, -0.25) is 4.79 Å². The van der Waals surface area contributed by atoms with Crippen molar-refractivity contribution in [2.75, 3.05) is 6.54 Å². The number of nitrogens with one attached hydrogen (secondary N) is 1. The standard InChI is InChI=1S/C15H16N2O2/c1-10(2)9-16-15(18)13-8-14(19-17-13)12-6-4-5-11(3)7-12/h4-8H,1,9H2,2-3H3,(H,16,18). The second-order valence-electron chi connectivity index (χ2n) is 4.59. The Balaban J connectivity index is 2.15. The van der Waals surface area contributed by atoms with Gasteiger partial charge in [0, 0.05) is 18.2 Å². The molecular formula is C15H16N2O2. The van der Waals surface area contributed by atoms with Gasteiger partial charge in [0.2, 0.25) is 0 Å². The molecule has 1 heterocycles. The quantitative estimate of drug-likeness (QED) is 0.856. The highest BCUT2D eigenvalue weighted by atomic mass is 16.5. The summed E-state index contributed by atoms with van der Waals surface area (Å²) in [6.45, 7) is 8.01. The van der Waals surface area contributed by atoms with Gasteiger partial charge >= 0.3 is 0 Å². The van der Waals surface area contributed by atoms with Crippen LogP contribution in [-0.4, -0.2) is 17.6 Å². The second kappa shape index (κ2) is 5.52. The Labute approximate surface area is 112 Å². The molecule has 98 valence electrons. The fraction of sp³-hybridized carbons (Fsp3) is 0.200. The maximum absolute atomic E-state index is 11.8. The minimum absolute atomic E-state index is 0.259. The fourth-order valence-electron chi connectivity index (χ4n) is 1.64. The molecule has 0 bridgehead atoms. The molecule has 0 unspecified atom stereocenters. The molecule has 0 aliphatic carbocycles. The molecule has 1 aromatic heterocycles. The Morgan fingerprint density at radius 2 is 2.21 bits per heavy atom. The maximum Gasteiger partial charge on any atom is 0.273 e. The van der Waals surface area contributed by atoms with E-state index in [9.17, 15) is 4.79 Å². The highest BCUT2D eigenvalue weighted by molar-refractivity contribution is 5.93. The van der Waals surface area contributed by atoms with Crippen molar-refractivity contribution >= 4 is 5.91 Å². The van der Waals surface area contributed by atoms with Crippen LogP contribution < -0.4 is 5.32 Å². The second-order valence-corrected chi connectivity index (χ2v) is 4.59. The van der Waals surface area contributed by atoms with E-state index in [4.69, 9.17) is 4.52 Å². The summed E-state index contributed by atoms with van der Waals surface area (Å²) in [6, 6.07) is 9.48. The molecule has 0 radical (unpaired) electrons. The minimum atomic E-state index is -0.259. The monoisotopic (exact) mass is 256 g/mol. The van der Waals surface area contributed by atoms with Gasteiger partial charge < -0.3 is 9.84 Å². The lowest BCUT2D eigenvalue weighted by Crippen LogP contribution is -2.25. The molecule has 1 N–H and O–H groups in total. The van der Waals surface area contributed by atoms with Crippen molar-refractivity contribution < 1.29 is 9.32 Å². The average Bonchev–Trinajstić information content (AvgIpc) is 2.85. The third-order valence-corrected chi connectivity index (χ3v) is 2.60. The number of carbonyl (C=O) groups is 1. The molecule has 1 amide bonds. The number of carbonyl (C=O) groups excluding carboxylic acids is 1. The highest BCUT2D eigenvalue weighted by Crippen LogP contribution is 2.21. The van der Waals surface area contributed by atoms with E-state index in [1.807, 2.05) is 38.1 Å². The van der Waals surface area contributed by atoms with Gasteiger partial charge in [-0.15, -0.1) is 0 Å². The Morgan fingerprint density at radius 1 is 1.42 bits per heavy atom. The third-order valence-electron chi connectivity index (χ3n) is 2.60. The fourth-order valence-corrected chi connectivity index (χ4v) is 1.64. The van der Waals surface area contributed by atoms with Crippen molar-refractivity contribution in [2.24, 2.45) is 0 Å². The smallest absolute Gasteiger partial charge is 0.273 e. The molecule has 0 aliphatic rings. The van der Waals surface area contributed by atoms with Gasteiger partial charge in [-0.05, 0) is 19.9 Å². The number of hydrogen-bond donors (Lipinski definition) is 1. The molecular weight excluding hydrogens is 240 g/mol. The Kier molecular flexibility index (Phi) is 3.80. The van der Waals surface area contributed by atoms with Crippen molar-refractivity contribution in [3.05, 3.63) is 53.7 Å². The summed E-state index contributed by atoms with van der Waals surface area (Å²) in [4.78, 5) is 11.8. The number of hydrogen-bond acceptors (Lipinski definition) is 3. The molecule has 0 atom stereocenters. The van der Waals surface area contributed by atoms with E-state index in [2.05, 4.69) is 17.1 Å². The largest absolute Gasteiger partial charge is 0.355 e. The van der Waals surface area contributed by atoms with Crippen LogP contribution in [0.5, 0.6) is 0 Å². The predicted molar refractivity (Wildman–Crippen MR) is 73.8 cm³/mol. The van der Waals surface area contributed by atoms with E-state index in [0.717, 1.165) is 16.7 Å². The van der Waals surface area contributed by atoms with Crippen LogP contribution in [0.25, 0.3) is 11.3 Å². The van der Waals surface area contributed by atoms with Crippen molar-refractivity contribution in [1.82, 2.24) is 10.5 Å². The first kappa shape index (κ1) is 13.1. The molecule has 0 fully saturated rings. The van der Waals surface area contributed by atoms with Crippen LogP contribution in [-0.2, 0) is 0 Å². The van der Waals surface area contributed by atoms with Gasteiger partial charge in [0.25, 0.3) is 5.91 Å². The van der Waals surface area contributed by atoms with Crippen LogP contribution in [0.1, 0.15) is 23.0 Å². The molecule has 2 rings (SSSR count). The van der Waals surface area contributed by atoms with Gasteiger partial charge in [-0.1, -0.05) is 41.1 Å². The van der Waals surface area contributed by atoms with E-state index in [1.165, 1.54) is 0 Å². The van der Waals surface area contributed by atoms with Crippen LogP contribution in [0, 0.1) is 6.92 Å². The first-order chi connectivity index (χ1) is 9.06. The van der Waals surface area contributed by atoms with Crippen molar-refractivity contribution in [2.45, 2.75) is 13.8 Å². The van der Waals surface area contributed by atoms with Gasteiger partial charge in [0.05, 0.1) is 0 Å². The summed E-state index contributed by atoms with van der Waals surface area (Å²) < 4.78 is 5.20. The molecule has 19 heavy (non-hydrogen) atoms. The summed E-state index contributed by atoms with van der Waals surface area (Å²) in [5.74, 6) is 0.329. The number of aromatic nitrogens is 1. The predicted octanol–water partition coefficient (Wildman–Crippen LogP) is 2.96. The molecule has 0 saturated carbocycles. The Hall–Kier alpha value is -2.36. The number of amides is 1. The highest BCUT2D eigenvalue weighted by Gasteiger charge is 2.13. The van der Waals surface area contributed by atoms with Gasteiger partial charge in [-0.2, -0.15) is 0 Å². The van der Waals surface area contributed by atoms with E-state index in [1.54, 1.807) is 6.07 Å². The molecule has 4 nitrogen and oxygen atoms in total. The average molecular weight is 256 g/mol. The lowest BCUT2D eigenvalue weighted by atomic mass is 10.1. The van der Waals surface area contributed by atoms with Crippen LogP contribution in [0.4, 0.5) is 0 Å². The van der Waals surface area contributed by atoms with E-state index >= 15 is 0 Å². The molecule has 0 saturated heterocycles. The normalized spacial score (nSPS) is 10.2. The molecule has 1 aromatic carbocycles. The Bertz CT molecular complexity index is 614. The summed E-state index contributed by atoms with van der Waals surface area (Å²) in [6.07, 6.45) is 0. The van der Waals surface area contributed by atoms with Crippen molar-refractivity contribution in [3.8, 4) is 11.3 Å². The van der Waals surface area contributed by atoms with Gasteiger partial charge in [0.15, 0.2) is 11.5 Å².